The minimum atomic E-state index is 0.256. The maximum Gasteiger partial charge on any atom is 0.117 e. The molecule has 0 atom stereocenters. The lowest BCUT2D eigenvalue weighted by molar-refractivity contribution is 0.228. The van der Waals surface area contributed by atoms with Crippen LogP contribution < -0.4 is 5.32 Å². The predicted molar refractivity (Wildman–Crippen MR) is 88.4 cm³/mol. The second-order valence-electron chi connectivity index (χ2n) is 7.37. The summed E-state index contributed by atoms with van der Waals surface area (Å²) in [5.74, 6) is 1.11. The Morgan fingerprint density at radius 3 is 2.57 bits per heavy atom. The summed E-state index contributed by atoms with van der Waals surface area (Å²) in [6.45, 7) is 10.0. The van der Waals surface area contributed by atoms with Crippen molar-refractivity contribution >= 4 is 0 Å². The smallest absolute Gasteiger partial charge is 0.117 e. The van der Waals surface area contributed by atoms with Gasteiger partial charge in [0.2, 0.25) is 0 Å². The van der Waals surface area contributed by atoms with Gasteiger partial charge < -0.3 is 9.73 Å². The van der Waals surface area contributed by atoms with Crippen LogP contribution in [0.1, 0.15) is 65.1 Å². The maximum atomic E-state index is 5.48. The van der Waals surface area contributed by atoms with E-state index in [4.69, 9.17) is 4.42 Å². The summed E-state index contributed by atoms with van der Waals surface area (Å²) >= 11 is 0. The van der Waals surface area contributed by atoms with Gasteiger partial charge in [0.05, 0.1) is 12.8 Å². The topological polar surface area (TPSA) is 28.4 Å². The van der Waals surface area contributed by atoms with Crippen LogP contribution in [0, 0.1) is 0 Å². The normalized spacial score (nSPS) is 15.8. The van der Waals surface area contributed by atoms with Crippen LogP contribution in [0.5, 0.6) is 0 Å². The Balaban J connectivity index is 1.54. The Morgan fingerprint density at radius 2 is 1.95 bits per heavy atom. The Bertz CT molecular complexity index is 376. The lowest BCUT2D eigenvalue weighted by atomic mass is 10.1. The third kappa shape index (κ3) is 7.14. The van der Waals surface area contributed by atoms with Crippen molar-refractivity contribution in [3.63, 3.8) is 0 Å². The molecule has 1 N–H and O–H groups in total. The van der Waals surface area contributed by atoms with E-state index in [1.54, 1.807) is 6.26 Å². The summed E-state index contributed by atoms with van der Waals surface area (Å²) in [7, 11) is 0. The van der Waals surface area contributed by atoms with Gasteiger partial charge in [-0.2, -0.15) is 0 Å². The molecule has 1 aliphatic carbocycles. The molecule has 0 aliphatic heterocycles. The molecular weight excluding hydrogens is 260 g/mol. The first-order valence-electron chi connectivity index (χ1n) is 8.56. The van der Waals surface area contributed by atoms with Gasteiger partial charge in [0.15, 0.2) is 0 Å². The quantitative estimate of drug-likeness (QED) is 0.655. The molecule has 1 aromatic heterocycles. The molecule has 0 radical (unpaired) electrons. The lowest BCUT2D eigenvalue weighted by Crippen LogP contribution is -2.36. The number of unbranched alkanes of at least 4 members (excludes halogenated alkanes) is 3. The molecule has 21 heavy (non-hydrogen) atoms. The van der Waals surface area contributed by atoms with Crippen molar-refractivity contribution in [2.75, 3.05) is 13.1 Å². The number of nitrogens with one attached hydrogen (secondary N) is 1. The fourth-order valence-corrected chi connectivity index (χ4v) is 2.69. The molecule has 3 nitrogen and oxygen atoms in total. The largest absolute Gasteiger partial charge is 0.468 e. The van der Waals surface area contributed by atoms with Crippen LogP contribution in [0.2, 0.25) is 0 Å². The summed E-state index contributed by atoms with van der Waals surface area (Å²) in [5.41, 5.74) is 0.256. The SMILES string of the molecule is CC(C)(C)NCCCCCCN(Cc1ccco1)C1CC1. The summed E-state index contributed by atoms with van der Waals surface area (Å²) in [6.07, 6.45) is 9.80. The molecule has 0 spiro atoms. The highest BCUT2D eigenvalue weighted by Gasteiger charge is 2.28. The highest BCUT2D eigenvalue weighted by atomic mass is 16.3. The van der Waals surface area contributed by atoms with Gasteiger partial charge in [0.1, 0.15) is 5.76 Å². The van der Waals surface area contributed by atoms with Crippen LogP contribution >= 0.6 is 0 Å². The first kappa shape index (κ1) is 16.6. The maximum absolute atomic E-state index is 5.48. The zero-order chi connectivity index (χ0) is 15.1. The minimum absolute atomic E-state index is 0.256. The minimum Gasteiger partial charge on any atom is -0.468 e. The van der Waals surface area contributed by atoms with Crippen LogP contribution in [-0.2, 0) is 6.54 Å². The molecule has 0 amide bonds. The average molecular weight is 292 g/mol. The fraction of sp³-hybridized carbons (Fsp3) is 0.778. The van der Waals surface area contributed by atoms with E-state index in [1.165, 1.54) is 45.1 Å². The molecule has 0 aromatic carbocycles. The Morgan fingerprint density at radius 1 is 1.19 bits per heavy atom. The fourth-order valence-electron chi connectivity index (χ4n) is 2.69. The van der Waals surface area contributed by atoms with Crippen LogP contribution in [-0.4, -0.2) is 29.6 Å². The van der Waals surface area contributed by atoms with Crippen molar-refractivity contribution in [1.82, 2.24) is 10.2 Å². The monoisotopic (exact) mass is 292 g/mol. The lowest BCUT2D eigenvalue weighted by Gasteiger charge is -2.21. The van der Waals surface area contributed by atoms with Gasteiger partial charge in [-0.05, 0) is 71.7 Å². The molecular formula is C18H32N2O. The van der Waals surface area contributed by atoms with Gasteiger partial charge >= 0.3 is 0 Å². The molecule has 1 saturated carbocycles. The first-order valence-corrected chi connectivity index (χ1v) is 8.56. The van der Waals surface area contributed by atoms with E-state index in [-0.39, 0.29) is 5.54 Å². The summed E-state index contributed by atoms with van der Waals surface area (Å²) in [6, 6.07) is 4.90. The van der Waals surface area contributed by atoms with E-state index in [2.05, 4.69) is 37.1 Å². The van der Waals surface area contributed by atoms with Gasteiger partial charge in [-0.3, -0.25) is 4.90 Å². The van der Waals surface area contributed by atoms with Crippen LogP contribution in [0.3, 0.4) is 0 Å². The van der Waals surface area contributed by atoms with Gasteiger partial charge in [-0.25, -0.2) is 0 Å². The zero-order valence-corrected chi connectivity index (χ0v) is 14.0. The average Bonchev–Trinajstić information content (AvgIpc) is 3.13. The van der Waals surface area contributed by atoms with Crippen LogP contribution in [0.25, 0.3) is 0 Å². The molecule has 0 saturated heterocycles. The molecule has 1 aliphatic rings. The molecule has 1 heterocycles. The van der Waals surface area contributed by atoms with Crippen molar-refractivity contribution in [3.8, 4) is 0 Å². The Hall–Kier alpha value is -0.800. The van der Waals surface area contributed by atoms with E-state index in [1.807, 2.05) is 6.07 Å². The van der Waals surface area contributed by atoms with Gasteiger partial charge in [-0.1, -0.05) is 12.8 Å². The number of furan rings is 1. The van der Waals surface area contributed by atoms with Crippen LogP contribution in [0.4, 0.5) is 0 Å². The van der Waals surface area contributed by atoms with Crippen molar-refractivity contribution < 1.29 is 4.42 Å². The molecule has 1 aromatic rings. The van der Waals surface area contributed by atoms with Gasteiger partial charge in [-0.15, -0.1) is 0 Å². The number of hydrogen-bond acceptors (Lipinski definition) is 3. The third-order valence-electron chi connectivity index (χ3n) is 4.03. The molecule has 2 rings (SSSR count). The molecule has 120 valence electrons. The summed E-state index contributed by atoms with van der Waals surface area (Å²) in [5, 5.41) is 3.56. The van der Waals surface area contributed by atoms with E-state index in [9.17, 15) is 0 Å². The molecule has 0 unspecified atom stereocenters. The van der Waals surface area contributed by atoms with E-state index in [0.717, 1.165) is 24.9 Å². The number of rotatable bonds is 10. The second-order valence-corrected chi connectivity index (χ2v) is 7.37. The summed E-state index contributed by atoms with van der Waals surface area (Å²) in [4.78, 5) is 2.60. The first-order chi connectivity index (χ1) is 10.0. The Labute approximate surface area is 130 Å². The Kier molecular flexibility index (Phi) is 6.31. The zero-order valence-electron chi connectivity index (χ0n) is 14.0. The summed E-state index contributed by atoms with van der Waals surface area (Å²) < 4.78 is 5.48. The standard InChI is InChI=1S/C18H32N2O/c1-18(2,3)19-12-6-4-5-7-13-20(16-10-11-16)15-17-9-8-14-21-17/h8-9,14,16,19H,4-7,10-13,15H2,1-3H3. The number of nitrogens with zero attached hydrogens (tertiary/aromatic N) is 1. The molecule has 0 bridgehead atoms. The molecule has 1 fully saturated rings. The predicted octanol–water partition coefficient (Wildman–Crippen LogP) is 4.19. The van der Waals surface area contributed by atoms with E-state index in [0.29, 0.717) is 0 Å². The third-order valence-corrected chi connectivity index (χ3v) is 4.03. The van der Waals surface area contributed by atoms with E-state index < -0.39 is 0 Å². The highest BCUT2D eigenvalue weighted by Crippen LogP contribution is 2.28. The van der Waals surface area contributed by atoms with Gasteiger partial charge in [0.25, 0.3) is 0 Å². The van der Waals surface area contributed by atoms with Gasteiger partial charge in [0, 0.05) is 11.6 Å². The van der Waals surface area contributed by atoms with Crippen molar-refractivity contribution in [3.05, 3.63) is 24.2 Å². The highest BCUT2D eigenvalue weighted by molar-refractivity contribution is 4.99. The number of hydrogen-bond donors (Lipinski definition) is 1. The van der Waals surface area contributed by atoms with Crippen LogP contribution in [0.15, 0.2) is 22.8 Å². The van der Waals surface area contributed by atoms with Crippen molar-refractivity contribution in [1.29, 1.82) is 0 Å². The van der Waals surface area contributed by atoms with Crippen molar-refractivity contribution in [2.45, 2.75) is 77.4 Å². The van der Waals surface area contributed by atoms with E-state index >= 15 is 0 Å². The van der Waals surface area contributed by atoms with Crippen molar-refractivity contribution in [2.24, 2.45) is 0 Å². The molecule has 3 heteroatoms. The second kappa shape index (κ2) is 8.00.